The molecular weight excluding hydrogens is 287 g/mol. The van der Waals surface area contributed by atoms with E-state index in [0.717, 1.165) is 11.3 Å². The number of aromatic nitrogens is 2. The number of rotatable bonds is 2. The summed E-state index contributed by atoms with van der Waals surface area (Å²) >= 11 is 0. The van der Waals surface area contributed by atoms with Gasteiger partial charge >= 0.3 is 0 Å². The molecule has 1 amide bonds. The molecule has 22 heavy (non-hydrogen) atoms. The Morgan fingerprint density at radius 3 is 2.91 bits per heavy atom. The van der Waals surface area contributed by atoms with Crippen LogP contribution in [-0.2, 0) is 17.8 Å². The molecule has 0 radical (unpaired) electrons. The first-order chi connectivity index (χ1) is 10.5. The van der Waals surface area contributed by atoms with Crippen LogP contribution in [0.5, 0.6) is 5.75 Å². The molecule has 0 atom stereocenters. The number of carbonyl (C=O) groups is 1. The highest BCUT2D eigenvalue weighted by atomic mass is 19.1. The molecule has 1 aromatic heterocycles. The van der Waals surface area contributed by atoms with E-state index in [4.69, 9.17) is 10.5 Å². The van der Waals surface area contributed by atoms with Gasteiger partial charge in [0.05, 0.1) is 18.5 Å². The van der Waals surface area contributed by atoms with Crippen LogP contribution in [0.3, 0.4) is 0 Å². The van der Waals surface area contributed by atoms with Crippen LogP contribution in [0.2, 0.25) is 0 Å². The first-order valence-electron chi connectivity index (χ1n) is 6.96. The molecule has 2 N–H and O–H groups in total. The zero-order valence-electron chi connectivity index (χ0n) is 12.5. The summed E-state index contributed by atoms with van der Waals surface area (Å²) in [5, 5.41) is 4.43. The summed E-state index contributed by atoms with van der Waals surface area (Å²) in [6, 6.07) is 3.06. The summed E-state index contributed by atoms with van der Waals surface area (Å²) in [6.45, 7) is 2.64. The van der Waals surface area contributed by atoms with Crippen LogP contribution in [0.4, 0.5) is 10.1 Å². The number of anilines is 1. The Balaban J connectivity index is 2.05. The molecule has 2 aromatic rings. The van der Waals surface area contributed by atoms with Gasteiger partial charge in [-0.25, -0.2) is 9.07 Å². The summed E-state index contributed by atoms with van der Waals surface area (Å²) in [5.41, 5.74) is 7.63. The normalized spacial score (nSPS) is 13.9. The Bertz CT molecular complexity index is 741. The molecular formula is C15H17FN4O2. The third-order valence-electron chi connectivity index (χ3n) is 3.86. The van der Waals surface area contributed by atoms with Gasteiger partial charge in [-0.3, -0.25) is 4.79 Å². The van der Waals surface area contributed by atoms with Gasteiger partial charge in [0, 0.05) is 38.2 Å². The number of ether oxygens (including phenoxy) is 1. The first-order valence-corrected chi connectivity index (χ1v) is 6.96. The van der Waals surface area contributed by atoms with Crippen molar-refractivity contribution in [2.24, 2.45) is 0 Å². The van der Waals surface area contributed by atoms with E-state index in [2.05, 4.69) is 5.10 Å². The summed E-state index contributed by atoms with van der Waals surface area (Å²) < 4.78 is 21.0. The SMILES string of the molecule is COc1ccc(N)c(F)c1-n1cc2c(n1)CCN(C(C)=O)C2. The third kappa shape index (κ3) is 2.28. The average molecular weight is 304 g/mol. The fourth-order valence-electron chi connectivity index (χ4n) is 2.64. The maximum absolute atomic E-state index is 14.4. The van der Waals surface area contributed by atoms with Gasteiger partial charge in [-0.1, -0.05) is 0 Å². The lowest BCUT2D eigenvalue weighted by Crippen LogP contribution is -2.33. The minimum atomic E-state index is -0.567. The Hall–Kier alpha value is -2.57. The molecule has 3 rings (SSSR count). The van der Waals surface area contributed by atoms with Crippen molar-refractivity contribution in [3.8, 4) is 11.4 Å². The highest BCUT2D eigenvalue weighted by Crippen LogP contribution is 2.30. The molecule has 0 spiro atoms. The maximum atomic E-state index is 14.4. The van der Waals surface area contributed by atoms with Gasteiger partial charge in [0.25, 0.3) is 0 Å². The van der Waals surface area contributed by atoms with Crippen LogP contribution >= 0.6 is 0 Å². The van der Waals surface area contributed by atoms with Crippen LogP contribution in [0, 0.1) is 5.82 Å². The second-order valence-electron chi connectivity index (χ2n) is 5.26. The number of hydrogen-bond donors (Lipinski definition) is 1. The number of nitrogen functional groups attached to an aromatic ring is 1. The van der Waals surface area contributed by atoms with Gasteiger partial charge in [0.1, 0.15) is 11.4 Å². The molecule has 0 aliphatic carbocycles. The minimum absolute atomic E-state index is 0.0196. The Morgan fingerprint density at radius 2 is 2.23 bits per heavy atom. The predicted octanol–water partition coefficient (Wildman–Crippen LogP) is 1.51. The Morgan fingerprint density at radius 1 is 1.45 bits per heavy atom. The zero-order valence-corrected chi connectivity index (χ0v) is 12.5. The van der Waals surface area contributed by atoms with Gasteiger partial charge in [-0.2, -0.15) is 5.10 Å². The monoisotopic (exact) mass is 304 g/mol. The van der Waals surface area contributed by atoms with Crippen molar-refractivity contribution in [1.29, 1.82) is 0 Å². The third-order valence-corrected chi connectivity index (χ3v) is 3.86. The van der Waals surface area contributed by atoms with Crippen LogP contribution in [0.1, 0.15) is 18.2 Å². The van der Waals surface area contributed by atoms with E-state index in [-0.39, 0.29) is 17.3 Å². The Kier molecular flexibility index (Phi) is 3.48. The number of methoxy groups -OCH3 is 1. The average Bonchev–Trinajstić information content (AvgIpc) is 2.92. The highest BCUT2D eigenvalue weighted by Gasteiger charge is 2.23. The van der Waals surface area contributed by atoms with Crippen molar-refractivity contribution < 1.29 is 13.9 Å². The molecule has 116 valence electrons. The number of hydrogen-bond acceptors (Lipinski definition) is 4. The lowest BCUT2D eigenvalue weighted by atomic mass is 10.1. The number of nitrogens with two attached hydrogens (primary N) is 1. The first kappa shape index (κ1) is 14.4. The van der Waals surface area contributed by atoms with E-state index < -0.39 is 5.82 Å². The molecule has 0 saturated heterocycles. The van der Waals surface area contributed by atoms with E-state index in [9.17, 15) is 9.18 Å². The van der Waals surface area contributed by atoms with E-state index in [1.807, 2.05) is 0 Å². The van der Waals surface area contributed by atoms with Crippen LogP contribution in [0.25, 0.3) is 5.69 Å². The summed E-state index contributed by atoms with van der Waals surface area (Å²) in [6.07, 6.45) is 2.37. The highest BCUT2D eigenvalue weighted by molar-refractivity contribution is 5.73. The lowest BCUT2D eigenvalue weighted by Gasteiger charge is -2.24. The predicted molar refractivity (Wildman–Crippen MR) is 79.3 cm³/mol. The summed E-state index contributed by atoms with van der Waals surface area (Å²) in [5.74, 6) is -0.191. The molecule has 0 bridgehead atoms. The standard InChI is InChI=1S/C15H17FN4O2/c1-9(21)19-6-5-12-10(7-19)8-20(18-12)15-13(22-2)4-3-11(17)14(15)16/h3-4,8H,5-7,17H2,1-2H3. The van der Waals surface area contributed by atoms with Gasteiger partial charge in [-0.15, -0.1) is 0 Å². The zero-order chi connectivity index (χ0) is 15.9. The number of amides is 1. The summed E-state index contributed by atoms with van der Waals surface area (Å²) in [7, 11) is 1.47. The Labute approximate surface area is 127 Å². The van der Waals surface area contributed by atoms with Gasteiger partial charge < -0.3 is 15.4 Å². The fourth-order valence-corrected chi connectivity index (χ4v) is 2.64. The van der Waals surface area contributed by atoms with Gasteiger partial charge in [0.2, 0.25) is 5.91 Å². The molecule has 7 heteroatoms. The number of halogens is 1. The van der Waals surface area contributed by atoms with E-state index in [1.165, 1.54) is 24.8 Å². The van der Waals surface area contributed by atoms with E-state index in [0.29, 0.717) is 25.3 Å². The van der Waals surface area contributed by atoms with Crippen molar-refractivity contribution in [1.82, 2.24) is 14.7 Å². The topological polar surface area (TPSA) is 73.4 Å². The van der Waals surface area contributed by atoms with Gasteiger partial charge in [-0.05, 0) is 12.1 Å². The van der Waals surface area contributed by atoms with Crippen molar-refractivity contribution in [3.63, 3.8) is 0 Å². The molecule has 1 aromatic carbocycles. The van der Waals surface area contributed by atoms with Crippen LogP contribution in [-0.4, -0.2) is 34.2 Å². The number of benzene rings is 1. The largest absolute Gasteiger partial charge is 0.494 e. The van der Waals surface area contributed by atoms with E-state index >= 15 is 0 Å². The molecule has 1 aliphatic heterocycles. The van der Waals surface area contributed by atoms with Crippen LogP contribution < -0.4 is 10.5 Å². The fraction of sp³-hybridized carbons (Fsp3) is 0.333. The quantitative estimate of drug-likeness (QED) is 0.854. The van der Waals surface area contributed by atoms with Crippen molar-refractivity contribution >= 4 is 11.6 Å². The number of carbonyl (C=O) groups excluding carboxylic acids is 1. The number of nitrogens with zero attached hydrogens (tertiary/aromatic N) is 3. The van der Waals surface area contributed by atoms with Crippen molar-refractivity contribution in [2.45, 2.75) is 19.9 Å². The van der Waals surface area contributed by atoms with Crippen molar-refractivity contribution in [3.05, 3.63) is 35.4 Å². The van der Waals surface area contributed by atoms with Crippen molar-refractivity contribution in [2.75, 3.05) is 19.4 Å². The molecule has 2 heterocycles. The van der Waals surface area contributed by atoms with Gasteiger partial charge in [0.15, 0.2) is 5.82 Å². The van der Waals surface area contributed by atoms with Crippen LogP contribution in [0.15, 0.2) is 18.3 Å². The second kappa shape index (κ2) is 5.32. The number of fused-ring (bicyclic) bond motifs is 1. The molecule has 1 aliphatic rings. The molecule has 0 unspecified atom stereocenters. The molecule has 6 nitrogen and oxygen atoms in total. The lowest BCUT2D eigenvalue weighted by molar-refractivity contribution is -0.129. The maximum Gasteiger partial charge on any atom is 0.219 e. The summed E-state index contributed by atoms with van der Waals surface area (Å²) in [4.78, 5) is 13.2. The second-order valence-corrected chi connectivity index (χ2v) is 5.26. The smallest absolute Gasteiger partial charge is 0.219 e. The molecule has 0 fully saturated rings. The van der Waals surface area contributed by atoms with E-state index in [1.54, 1.807) is 17.2 Å². The molecule has 0 saturated carbocycles. The minimum Gasteiger partial charge on any atom is -0.494 e.